The molecule has 0 fully saturated rings. The molecular formula is C28H29N9O3. The van der Waals surface area contributed by atoms with E-state index in [1.54, 1.807) is 48.1 Å². The van der Waals surface area contributed by atoms with Crippen molar-refractivity contribution < 1.29 is 14.4 Å². The van der Waals surface area contributed by atoms with E-state index in [2.05, 4.69) is 25.7 Å². The Hall–Kier alpha value is -5.26. The van der Waals surface area contributed by atoms with Crippen molar-refractivity contribution in [1.29, 1.82) is 0 Å². The Bertz CT molecular complexity index is 1790. The molecule has 5 rings (SSSR count). The molecule has 4 N–H and O–H groups in total. The lowest BCUT2D eigenvalue weighted by atomic mass is 10.2. The fourth-order valence-electron chi connectivity index (χ4n) is 4.65. The number of benzene rings is 2. The molecule has 0 spiro atoms. The molecular weight excluding hydrogens is 510 g/mol. The summed E-state index contributed by atoms with van der Waals surface area (Å²) in [5.74, 6) is 0.109. The predicted octanol–water partition coefficient (Wildman–Crippen LogP) is 3.37. The quantitative estimate of drug-likeness (QED) is 0.182. The molecule has 0 aliphatic heterocycles. The molecule has 204 valence electrons. The van der Waals surface area contributed by atoms with Gasteiger partial charge in [-0.05, 0) is 56.3 Å². The third-order valence-electron chi connectivity index (χ3n) is 6.57. The molecule has 5 aromatic rings. The molecule has 0 aliphatic rings. The number of anilines is 2. The molecule has 40 heavy (non-hydrogen) atoms. The van der Waals surface area contributed by atoms with Crippen LogP contribution in [0.25, 0.3) is 22.1 Å². The minimum absolute atomic E-state index is 0.328. The van der Waals surface area contributed by atoms with Crippen LogP contribution in [0, 0.1) is 6.92 Å². The fourth-order valence-corrected chi connectivity index (χ4v) is 4.65. The van der Waals surface area contributed by atoms with Crippen molar-refractivity contribution >= 4 is 52.1 Å². The molecule has 0 radical (unpaired) electrons. The van der Waals surface area contributed by atoms with Crippen LogP contribution in [0.2, 0.25) is 0 Å². The van der Waals surface area contributed by atoms with E-state index in [4.69, 9.17) is 5.73 Å². The zero-order chi connectivity index (χ0) is 28.4. The van der Waals surface area contributed by atoms with Crippen molar-refractivity contribution in [3.05, 3.63) is 77.1 Å². The van der Waals surface area contributed by atoms with Gasteiger partial charge in [-0.3, -0.25) is 24.4 Å². The Kier molecular flexibility index (Phi) is 7.15. The van der Waals surface area contributed by atoms with Gasteiger partial charge in [0.05, 0.1) is 27.8 Å². The van der Waals surface area contributed by atoms with Crippen LogP contribution in [0.1, 0.15) is 43.8 Å². The zero-order valence-corrected chi connectivity index (χ0v) is 22.4. The first-order valence-corrected chi connectivity index (χ1v) is 12.8. The maximum atomic E-state index is 13.2. The molecule has 0 saturated carbocycles. The summed E-state index contributed by atoms with van der Waals surface area (Å²) in [7, 11) is 1.79. The number of hydrogen-bond donors (Lipinski definition) is 3. The Labute approximate surface area is 229 Å². The smallest absolute Gasteiger partial charge is 0.276 e. The summed E-state index contributed by atoms with van der Waals surface area (Å²) in [6, 6.07) is 12.1. The number of imidazole rings is 2. The number of nitrogens with one attached hydrogen (secondary N) is 2. The molecule has 12 heteroatoms. The van der Waals surface area contributed by atoms with Gasteiger partial charge in [-0.15, -0.1) is 0 Å². The number of carbonyl (C=O) groups is 3. The second-order valence-corrected chi connectivity index (χ2v) is 9.19. The Morgan fingerprint density at radius 3 is 2.25 bits per heavy atom. The van der Waals surface area contributed by atoms with E-state index >= 15 is 0 Å². The Balaban J connectivity index is 1.45. The summed E-state index contributed by atoms with van der Waals surface area (Å²) in [6.45, 7) is 5.20. The molecule has 0 unspecified atom stereocenters. The molecule has 2 amide bonds. The summed E-state index contributed by atoms with van der Waals surface area (Å²) in [5, 5.41) is 10.4. The lowest BCUT2D eigenvalue weighted by molar-refractivity contribution is 0.0996. The number of amides is 2. The predicted molar refractivity (Wildman–Crippen MR) is 153 cm³/mol. The highest BCUT2D eigenvalue weighted by Gasteiger charge is 2.18. The van der Waals surface area contributed by atoms with E-state index in [0.29, 0.717) is 53.9 Å². The zero-order valence-electron chi connectivity index (χ0n) is 22.4. The van der Waals surface area contributed by atoms with Crippen molar-refractivity contribution in [2.45, 2.75) is 33.5 Å². The number of nitrogens with two attached hydrogens (primary N) is 1. The summed E-state index contributed by atoms with van der Waals surface area (Å²) in [6.07, 6.45) is 4.75. The Morgan fingerprint density at radius 1 is 0.950 bits per heavy atom. The average molecular weight is 540 g/mol. The van der Waals surface area contributed by atoms with Crippen molar-refractivity contribution in [2.24, 2.45) is 5.73 Å². The minimum atomic E-state index is -0.558. The third kappa shape index (κ3) is 4.94. The summed E-state index contributed by atoms with van der Waals surface area (Å²) in [5.41, 5.74) is 10.4. The number of fused-ring (bicyclic) bond motifs is 2. The Morgan fingerprint density at radius 2 is 1.60 bits per heavy atom. The van der Waals surface area contributed by atoms with Crippen LogP contribution >= 0.6 is 0 Å². The van der Waals surface area contributed by atoms with Gasteiger partial charge in [0, 0.05) is 37.8 Å². The third-order valence-corrected chi connectivity index (χ3v) is 6.57. The number of primary amides is 1. The van der Waals surface area contributed by atoms with Gasteiger partial charge >= 0.3 is 0 Å². The maximum Gasteiger partial charge on any atom is 0.276 e. The first kappa shape index (κ1) is 26.4. The normalized spacial score (nSPS) is 11.5. The molecule has 0 bridgehead atoms. The van der Waals surface area contributed by atoms with E-state index in [1.807, 2.05) is 41.2 Å². The van der Waals surface area contributed by atoms with Crippen LogP contribution in [0.3, 0.4) is 0 Å². The highest BCUT2D eigenvalue weighted by Crippen LogP contribution is 2.23. The first-order valence-electron chi connectivity index (χ1n) is 12.8. The second kappa shape index (κ2) is 10.8. The molecule has 3 heterocycles. The van der Waals surface area contributed by atoms with Crippen LogP contribution in [0.5, 0.6) is 0 Å². The van der Waals surface area contributed by atoms with Gasteiger partial charge in [0.25, 0.3) is 5.91 Å². The van der Waals surface area contributed by atoms with Crippen molar-refractivity contribution in [2.75, 3.05) is 17.7 Å². The lowest BCUT2D eigenvalue weighted by Gasteiger charge is -2.09. The van der Waals surface area contributed by atoms with Crippen LogP contribution < -0.4 is 16.4 Å². The van der Waals surface area contributed by atoms with Crippen molar-refractivity contribution in [3.8, 4) is 0 Å². The monoisotopic (exact) mass is 539 g/mol. The topological polar surface area (TPSA) is 155 Å². The number of hydrogen-bond acceptors (Lipinski definition) is 7. The number of nitrogens with zero attached hydrogens (tertiary/aromatic N) is 6. The molecule has 2 aromatic carbocycles. The number of aromatic nitrogens is 6. The maximum absolute atomic E-state index is 13.2. The van der Waals surface area contributed by atoms with E-state index in [1.165, 1.54) is 0 Å². The van der Waals surface area contributed by atoms with Gasteiger partial charge < -0.3 is 20.2 Å². The van der Waals surface area contributed by atoms with Crippen LogP contribution in [0.15, 0.2) is 54.6 Å². The molecule has 0 saturated heterocycles. The van der Waals surface area contributed by atoms with Gasteiger partial charge in [-0.25, -0.2) is 9.97 Å². The first-order chi connectivity index (χ1) is 19.3. The van der Waals surface area contributed by atoms with Crippen LogP contribution in [-0.4, -0.2) is 54.0 Å². The molecule has 3 aromatic heterocycles. The fraction of sp³-hybridized carbons (Fsp3) is 0.214. The van der Waals surface area contributed by atoms with E-state index < -0.39 is 5.91 Å². The highest BCUT2D eigenvalue weighted by atomic mass is 16.2. The molecule has 0 atom stereocenters. The highest BCUT2D eigenvalue weighted by molar-refractivity contribution is 6.03. The van der Waals surface area contributed by atoms with Gasteiger partial charge in [0.1, 0.15) is 12.0 Å². The van der Waals surface area contributed by atoms with Gasteiger partial charge in [-0.2, -0.15) is 5.10 Å². The molecule has 0 aliphatic carbocycles. The van der Waals surface area contributed by atoms with E-state index in [-0.39, 0.29) is 5.91 Å². The number of aryl methyl sites for hydroxylation is 2. The lowest BCUT2D eigenvalue weighted by Crippen LogP contribution is -2.19. The van der Waals surface area contributed by atoms with Crippen LogP contribution in [-0.2, 0) is 19.6 Å². The number of rotatable bonds is 10. The largest absolute Gasteiger partial charge is 0.366 e. The van der Waals surface area contributed by atoms with Crippen molar-refractivity contribution in [3.63, 3.8) is 0 Å². The number of allylic oxidation sites excluding steroid dienone is 2. The summed E-state index contributed by atoms with van der Waals surface area (Å²) < 4.78 is 5.49. The van der Waals surface area contributed by atoms with E-state index in [9.17, 15) is 14.4 Å². The number of carbonyl (C=O) groups excluding carboxylic acids is 3. The van der Waals surface area contributed by atoms with E-state index in [0.717, 1.165) is 28.5 Å². The number of aldehydes is 1. The molecule has 12 nitrogen and oxygen atoms in total. The van der Waals surface area contributed by atoms with Gasteiger partial charge in [0.2, 0.25) is 17.8 Å². The average Bonchev–Trinajstić information content (AvgIpc) is 3.62. The SMILES string of the molecule is CCn1nc(C)cc1C(=O)Nc1nc2cc(C(N)=O)ccc2n1C/C=C/Cn1c(NC)nc2cc(C=O)ccc21. The summed E-state index contributed by atoms with van der Waals surface area (Å²) in [4.78, 5) is 45.3. The summed E-state index contributed by atoms with van der Waals surface area (Å²) >= 11 is 0. The van der Waals surface area contributed by atoms with Gasteiger partial charge in [-0.1, -0.05) is 12.2 Å². The minimum Gasteiger partial charge on any atom is -0.366 e. The standard InChI is InChI=1S/C28H29N9O3/c1-4-37-24(13-17(2)34-37)26(40)33-28-32-21-15-19(25(29)39)8-10-23(21)36(28)12-6-5-11-35-22-9-7-18(16-38)14-20(22)31-27(35)30-3/h5-10,13-16H,4,11-12H2,1-3H3,(H2,29,39)(H,30,31)(H,32,33,40)/b6-5+. The van der Waals surface area contributed by atoms with Crippen LogP contribution in [0.4, 0.5) is 11.9 Å². The van der Waals surface area contributed by atoms with Crippen molar-refractivity contribution in [1.82, 2.24) is 28.9 Å². The second-order valence-electron chi connectivity index (χ2n) is 9.19. The van der Waals surface area contributed by atoms with Gasteiger partial charge in [0.15, 0.2) is 0 Å².